The Bertz CT molecular complexity index is 617. The zero-order chi connectivity index (χ0) is 13.4. The van der Waals surface area contributed by atoms with E-state index in [1.54, 1.807) is 12.1 Å². The normalized spacial score (nSPS) is 17.0. The van der Waals surface area contributed by atoms with E-state index in [4.69, 9.17) is 21.2 Å². The van der Waals surface area contributed by atoms with E-state index in [2.05, 4.69) is 10.1 Å². The van der Waals surface area contributed by atoms with Gasteiger partial charge in [-0.25, -0.2) is 0 Å². The van der Waals surface area contributed by atoms with Gasteiger partial charge in [-0.05, 0) is 31.0 Å². The summed E-state index contributed by atoms with van der Waals surface area (Å²) >= 11 is 5.99. The van der Waals surface area contributed by atoms with Crippen molar-refractivity contribution in [1.29, 1.82) is 0 Å². The van der Waals surface area contributed by atoms with E-state index in [1.165, 1.54) is 0 Å². The van der Waals surface area contributed by atoms with Gasteiger partial charge in [-0.2, -0.15) is 0 Å². The molecule has 0 spiro atoms. The number of aromatic nitrogens is 1. The molecule has 0 saturated carbocycles. The smallest absolute Gasteiger partial charge is 0.306 e. The number of aliphatic carboxylic acids is 1. The van der Waals surface area contributed by atoms with E-state index in [-0.39, 0.29) is 5.92 Å². The lowest BCUT2D eigenvalue weighted by Crippen LogP contribution is -2.36. The summed E-state index contributed by atoms with van der Waals surface area (Å²) in [6, 6.07) is 5.37. The first-order valence-corrected chi connectivity index (χ1v) is 6.55. The van der Waals surface area contributed by atoms with E-state index in [0.29, 0.717) is 36.5 Å². The average molecular weight is 281 g/mol. The Morgan fingerprint density at radius 1 is 1.42 bits per heavy atom. The Labute approximate surface area is 114 Å². The fourth-order valence-corrected chi connectivity index (χ4v) is 2.64. The lowest BCUT2D eigenvalue weighted by atomic mass is 9.97. The lowest BCUT2D eigenvalue weighted by molar-refractivity contribution is -0.142. The zero-order valence-corrected chi connectivity index (χ0v) is 10.9. The molecule has 3 rings (SSSR count). The molecule has 1 aromatic carbocycles. The topological polar surface area (TPSA) is 66.6 Å². The molecule has 0 amide bonds. The number of benzene rings is 1. The third-order valence-electron chi connectivity index (χ3n) is 3.56. The van der Waals surface area contributed by atoms with Crippen molar-refractivity contribution in [2.45, 2.75) is 12.8 Å². The second-order valence-electron chi connectivity index (χ2n) is 4.75. The summed E-state index contributed by atoms with van der Waals surface area (Å²) in [5.41, 5.74) is 0.694. The molecule has 1 N–H and O–H groups in total. The maximum atomic E-state index is 10.9. The summed E-state index contributed by atoms with van der Waals surface area (Å²) in [5, 5.41) is 14.6. The van der Waals surface area contributed by atoms with Crippen LogP contribution in [-0.2, 0) is 4.79 Å². The maximum Gasteiger partial charge on any atom is 0.306 e. The van der Waals surface area contributed by atoms with E-state index in [9.17, 15) is 4.79 Å². The summed E-state index contributed by atoms with van der Waals surface area (Å²) < 4.78 is 5.26. The van der Waals surface area contributed by atoms with Crippen molar-refractivity contribution >= 4 is 34.4 Å². The standard InChI is InChI=1S/C13H13ClN2O3/c14-9-1-2-11-10(7-9)12(15-19-11)16-5-3-8(4-6-16)13(17)18/h1-2,7-8H,3-6H2,(H,17,18). The number of carboxylic acids is 1. The SMILES string of the molecule is O=C(O)C1CCN(c2noc3ccc(Cl)cc23)CC1. The monoisotopic (exact) mass is 280 g/mol. The molecule has 100 valence electrons. The van der Waals surface area contributed by atoms with Gasteiger partial charge in [-0.15, -0.1) is 0 Å². The highest BCUT2D eigenvalue weighted by molar-refractivity contribution is 6.31. The van der Waals surface area contributed by atoms with Gasteiger partial charge in [0.2, 0.25) is 0 Å². The van der Waals surface area contributed by atoms with Crippen LogP contribution in [-0.4, -0.2) is 29.3 Å². The van der Waals surface area contributed by atoms with Gasteiger partial charge in [-0.1, -0.05) is 16.8 Å². The largest absolute Gasteiger partial charge is 0.481 e. The maximum absolute atomic E-state index is 10.9. The molecule has 2 aromatic rings. The van der Waals surface area contributed by atoms with Crippen molar-refractivity contribution < 1.29 is 14.4 Å². The van der Waals surface area contributed by atoms with Crippen LogP contribution in [0.5, 0.6) is 0 Å². The molecule has 0 atom stereocenters. The number of piperidine rings is 1. The molecule has 1 aliphatic rings. The van der Waals surface area contributed by atoms with Gasteiger partial charge in [0.1, 0.15) is 0 Å². The molecule has 0 bridgehead atoms. The predicted molar refractivity (Wildman–Crippen MR) is 71.6 cm³/mol. The van der Waals surface area contributed by atoms with Gasteiger partial charge in [0.05, 0.1) is 11.3 Å². The van der Waals surface area contributed by atoms with Crippen molar-refractivity contribution in [3.8, 4) is 0 Å². The number of hydrogen-bond acceptors (Lipinski definition) is 4. The van der Waals surface area contributed by atoms with Crippen molar-refractivity contribution in [3.63, 3.8) is 0 Å². The van der Waals surface area contributed by atoms with Crippen LogP contribution in [0.3, 0.4) is 0 Å². The third kappa shape index (κ3) is 2.26. The van der Waals surface area contributed by atoms with Crippen LogP contribution in [0.15, 0.2) is 22.7 Å². The van der Waals surface area contributed by atoms with Gasteiger partial charge in [0.25, 0.3) is 0 Å². The minimum absolute atomic E-state index is 0.252. The Morgan fingerprint density at radius 2 is 2.16 bits per heavy atom. The van der Waals surface area contributed by atoms with Crippen LogP contribution in [0.4, 0.5) is 5.82 Å². The molecule has 0 radical (unpaired) electrons. The number of nitrogens with zero attached hydrogens (tertiary/aromatic N) is 2. The second kappa shape index (κ2) is 4.74. The molecular formula is C13H13ClN2O3. The summed E-state index contributed by atoms with van der Waals surface area (Å²) in [6.45, 7) is 1.34. The van der Waals surface area contributed by atoms with Crippen molar-refractivity contribution in [1.82, 2.24) is 5.16 Å². The molecular weight excluding hydrogens is 268 g/mol. The van der Waals surface area contributed by atoms with E-state index in [1.807, 2.05) is 6.07 Å². The predicted octanol–water partition coefficient (Wildman–Crippen LogP) is 2.78. The molecule has 19 heavy (non-hydrogen) atoms. The highest BCUT2D eigenvalue weighted by Gasteiger charge is 2.26. The summed E-state index contributed by atoms with van der Waals surface area (Å²) in [6.07, 6.45) is 1.26. The molecule has 0 unspecified atom stereocenters. The average Bonchev–Trinajstić information content (AvgIpc) is 2.81. The van der Waals surface area contributed by atoms with Crippen LogP contribution in [0.25, 0.3) is 11.0 Å². The van der Waals surface area contributed by atoms with Gasteiger partial charge in [0, 0.05) is 18.1 Å². The van der Waals surface area contributed by atoms with Gasteiger partial charge < -0.3 is 14.5 Å². The number of carboxylic acid groups (broad SMARTS) is 1. The number of hydrogen-bond donors (Lipinski definition) is 1. The van der Waals surface area contributed by atoms with Gasteiger partial charge in [0.15, 0.2) is 11.4 Å². The zero-order valence-electron chi connectivity index (χ0n) is 10.2. The molecule has 2 heterocycles. The molecule has 1 aromatic heterocycles. The van der Waals surface area contributed by atoms with Crippen LogP contribution >= 0.6 is 11.6 Å². The second-order valence-corrected chi connectivity index (χ2v) is 5.18. The minimum Gasteiger partial charge on any atom is -0.481 e. The third-order valence-corrected chi connectivity index (χ3v) is 3.79. The number of fused-ring (bicyclic) bond motifs is 1. The molecule has 1 fully saturated rings. The fraction of sp³-hybridized carbons (Fsp3) is 0.385. The molecule has 5 nitrogen and oxygen atoms in total. The van der Waals surface area contributed by atoms with Crippen LogP contribution in [0, 0.1) is 5.92 Å². The Kier molecular flexibility index (Phi) is 3.06. The highest BCUT2D eigenvalue weighted by atomic mass is 35.5. The van der Waals surface area contributed by atoms with E-state index >= 15 is 0 Å². The number of halogens is 1. The van der Waals surface area contributed by atoms with Crippen LogP contribution in [0.2, 0.25) is 5.02 Å². The number of carbonyl (C=O) groups is 1. The summed E-state index contributed by atoms with van der Waals surface area (Å²) in [7, 11) is 0. The highest BCUT2D eigenvalue weighted by Crippen LogP contribution is 2.31. The summed E-state index contributed by atoms with van der Waals surface area (Å²) in [4.78, 5) is 13.0. The first-order valence-electron chi connectivity index (χ1n) is 6.18. The summed E-state index contributed by atoms with van der Waals surface area (Å²) in [5.74, 6) is -0.216. The van der Waals surface area contributed by atoms with Crippen molar-refractivity contribution in [3.05, 3.63) is 23.2 Å². The molecule has 1 aliphatic heterocycles. The van der Waals surface area contributed by atoms with Crippen molar-refractivity contribution in [2.24, 2.45) is 5.92 Å². The first kappa shape index (κ1) is 12.3. The molecule has 0 aliphatic carbocycles. The van der Waals surface area contributed by atoms with E-state index in [0.717, 1.165) is 11.2 Å². The van der Waals surface area contributed by atoms with Crippen LogP contribution in [0.1, 0.15) is 12.8 Å². The van der Waals surface area contributed by atoms with Crippen molar-refractivity contribution in [2.75, 3.05) is 18.0 Å². The minimum atomic E-state index is -0.715. The lowest BCUT2D eigenvalue weighted by Gasteiger charge is -2.29. The Hall–Kier alpha value is -1.75. The molecule has 1 saturated heterocycles. The van der Waals surface area contributed by atoms with Gasteiger partial charge >= 0.3 is 5.97 Å². The Balaban J connectivity index is 1.85. The number of anilines is 1. The quantitative estimate of drug-likeness (QED) is 0.916. The molecule has 6 heteroatoms. The first-order chi connectivity index (χ1) is 9.15. The Morgan fingerprint density at radius 3 is 2.84 bits per heavy atom. The van der Waals surface area contributed by atoms with Crippen LogP contribution < -0.4 is 4.90 Å². The van der Waals surface area contributed by atoms with Gasteiger partial charge in [-0.3, -0.25) is 4.79 Å². The number of rotatable bonds is 2. The van der Waals surface area contributed by atoms with E-state index < -0.39 is 5.97 Å². The fourth-order valence-electron chi connectivity index (χ4n) is 2.46.